The van der Waals surface area contributed by atoms with Crippen LogP contribution >= 0.6 is 25.3 Å². The van der Waals surface area contributed by atoms with E-state index in [1.54, 1.807) is 0 Å². The van der Waals surface area contributed by atoms with Gasteiger partial charge in [-0.1, -0.05) is 20.3 Å². The minimum absolute atomic E-state index is 0.0326. The van der Waals surface area contributed by atoms with Crippen molar-refractivity contribution in [2.45, 2.75) is 76.2 Å². The lowest BCUT2D eigenvalue weighted by molar-refractivity contribution is -0.149. The molecule has 2 saturated heterocycles. The van der Waals surface area contributed by atoms with Gasteiger partial charge in [-0.25, -0.2) is 4.79 Å². The summed E-state index contributed by atoms with van der Waals surface area (Å²) < 4.78 is 0. The van der Waals surface area contributed by atoms with Crippen molar-refractivity contribution in [3.8, 4) is 0 Å². The van der Waals surface area contributed by atoms with E-state index < -0.39 is 53.9 Å². The molecule has 2 fully saturated rings. The summed E-state index contributed by atoms with van der Waals surface area (Å²) in [5, 5.41) is 14.5. The Labute approximate surface area is 216 Å². The summed E-state index contributed by atoms with van der Waals surface area (Å²) >= 11 is 8.32. The van der Waals surface area contributed by atoms with E-state index in [4.69, 9.17) is 5.73 Å². The van der Waals surface area contributed by atoms with Crippen molar-refractivity contribution in [1.29, 1.82) is 0 Å². The molecule has 0 bridgehead atoms. The number of nitrogens with zero attached hydrogens (tertiary/aromatic N) is 2. The minimum atomic E-state index is -1.09. The molecule has 2 aliphatic rings. The second-order valence-corrected chi connectivity index (χ2v) is 9.85. The van der Waals surface area contributed by atoms with Crippen molar-refractivity contribution in [3.63, 3.8) is 0 Å². The van der Waals surface area contributed by atoms with Crippen LogP contribution in [0.25, 0.3) is 0 Å². The SMILES string of the molecule is CCC(C)C(N)C(=O)N1CCCC1C(=O)NC(CS)C(=O)NC(CS)C(=O)N1CCCC1C(=O)O. The molecule has 6 unspecified atom stereocenters. The Morgan fingerprint density at radius 1 is 0.943 bits per heavy atom. The van der Waals surface area contributed by atoms with Gasteiger partial charge < -0.3 is 31.3 Å². The monoisotopic (exact) mass is 531 g/mol. The molecule has 4 amide bonds. The van der Waals surface area contributed by atoms with Gasteiger partial charge in [0.25, 0.3) is 0 Å². The number of carboxylic acid groups (broad SMARTS) is 1. The smallest absolute Gasteiger partial charge is 0.326 e. The Morgan fingerprint density at radius 3 is 2.00 bits per heavy atom. The second kappa shape index (κ2) is 13.4. The number of hydrogen-bond donors (Lipinski definition) is 6. The summed E-state index contributed by atoms with van der Waals surface area (Å²) in [4.78, 5) is 65.7. The van der Waals surface area contributed by atoms with Gasteiger partial charge in [-0.2, -0.15) is 25.3 Å². The quantitative estimate of drug-likeness (QED) is 0.191. The summed E-state index contributed by atoms with van der Waals surface area (Å²) in [6.45, 7) is 4.52. The van der Waals surface area contributed by atoms with Crippen LogP contribution in [-0.4, -0.2) is 99.3 Å². The van der Waals surface area contributed by atoms with Crippen LogP contribution in [0.4, 0.5) is 0 Å². The molecule has 198 valence electrons. The zero-order valence-corrected chi connectivity index (χ0v) is 22.0. The third-order valence-corrected chi connectivity index (χ3v) is 7.54. The number of likely N-dealkylation sites (tertiary alicyclic amines) is 2. The molecule has 11 nitrogen and oxygen atoms in total. The highest BCUT2D eigenvalue weighted by atomic mass is 32.1. The number of amides is 4. The zero-order chi connectivity index (χ0) is 26.3. The first kappa shape index (κ1) is 29.2. The Balaban J connectivity index is 2.03. The van der Waals surface area contributed by atoms with E-state index in [1.807, 2.05) is 13.8 Å². The predicted molar refractivity (Wildman–Crippen MR) is 136 cm³/mol. The van der Waals surface area contributed by atoms with Gasteiger partial charge in [0.1, 0.15) is 24.2 Å². The normalized spacial score (nSPS) is 23.3. The molecule has 13 heteroatoms. The summed E-state index contributed by atoms with van der Waals surface area (Å²) in [5.74, 6) is -3.16. The molecule has 5 N–H and O–H groups in total. The fourth-order valence-corrected chi connectivity index (χ4v) is 4.90. The van der Waals surface area contributed by atoms with Crippen LogP contribution in [0.15, 0.2) is 0 Å². The number of carbonyl (C=O) groups excluding carboxylic acids is 4. The zero-order valence-electron chi connectivity index (χ0n) is 20.2. The van der Waals surface area contributed by atoms with E-state index in [1.165, 1.54) is 9.80 Å². The molecule has 0 spiro atoms. The van der Waals surface area contributed by atoms with Crippen molar-refractivity contribution in [2.24, 2.45) is 11.7 Å². The van der Waals surface area contributed by atoms with Gasteiger partial charge in [-0.3, -0.25) is 19.2 Å². The molecule has 0 aliphatic carbocycles. The third-order valence-electron chi connectivity index (χ3n) is 6.81. The summed E-state index contributed by atoms with van der Waals surface area (Å²) in [6.07, 6.45) is 2.74. The van der Waals surface area contributed by atoms with Gasteiger partial charge in [-0.05, 0) is 31.6 Å². The van der Waals surface area contributed by atoms with Crippen LogP contribution in [0.5, 0.6) is 0 Å². The van der Waals surface area contributed by atoms with Crippen LogP contribution in [0.2, 0.25) is 0 Å². The molecule has 0 radical (unpaired) electrons. The first-order valence-corrected chi connectivity index (χ1v) is 13.3. The third kappa shape index (κ3) is 7.04. The average molecular weight is 532 g/mol. The number of carbonyl (C=O) groups is 5. The lowest BCUT2D eigenvalue weighted by Crippen LogP contribution is -2.59. The predicted octanol–water partition coefficient (Wildman–Crippen LogP) is -0.744. The standard InChI is InChI=1S/C22H37N5O6S2/c1-3-12(2)17(23)21(31)26-8-4-6-15(26)19(29)24-13(10-34)18(28)25-14(11-35)20(30)27-9-5-7-16(27)22(32)33/h12-17,34-35H,3-11,23H2,1-2H3,(H,24,29)(H,25,28)(H,32,33). The summed E-state index contributed by atoms with van der Waals surface area (Å²) in [6, 6.07) is -4.50. The van der Waals surface area contributed by atoms with Gasteiger partial charge in [0, 0.05) is 24.6 Å². The average Bonchev–Trinajstić information content (AvgIpc) is 3.53. The largest absolute Gasteiger partial charge is 0.480 e. The molecule has 2 rings (SSSR count). The number of nitrogens with two attached hydrogens (primary N) is 1. The maximum atomic E-state index is 13.0. The van der Waals surface area contributed by atoms with Gasteiger partial charge in [0.15, 0.2) is 0 Å². The van der Waals surface area contributed by atoms with Gasteiger partial charge >= 0.3 is 5.97 Å². The van der Waals surface area contributed by atoms with Crippen molar-refractivity contribution in [2.75, 3.05) is 24.6 Å². The van der Waals surface area contributed by atoms with Crippen molar-refractivity contribution < 1.29 is 29.1 Å². The van der Waals surface area contributed by atoms with E-state index in [-0.39, 0.29) is 29.9 Å². The topological polar surface area (TPSA) is 162 Å². The van der Waals surface area contributed by atoms with Gasteiger partial charge in [-0.15, -0.1) is 0 Å². The molecule has 35 heavy (non-hydrogen) atoms. The molecular formula is C22H37N5O6S2. The first-order valence-electron chi connectivity index (χ1n) is 12.0. The number of nitrogens with one attached hydrogen (secondary N) is 2. The Hall–Kier alpha value is -1.99. The van der Waals surface area contributed by atoms with Crippen LogP contribution in [0.3, 0.4) is 0 Å². The lowest BCUT2D eigenvalue weighted by Gasteiger charge is -2.30. The van der Waals surface area contributed by atoms with Gasteiger partial charge in [0.2, 0.25) is 23.6 Å². The van der Waals surface area contributed by atoms with E-state index in [0.29, 0.717) is 32.2 Å². The Morgan fingerprint density at radius 2 is 1.49 bits per heavy atom. The maximum absolute atomic E-state index is 13.0. The fourth-order valence-electron chi connectivity index (χ4n) is 4.40. The highest BCUT2D eigenvalue weighted by Gasteiger charge is 2.40. The van der Waals surface area contributed by atoms with E-state index in [2.05, 4.69) is 35.9 Å². The number of rotatable bonds is 11. The lowest BCUT2D eigenvalue weighted by atomic mass is 9.98. The molecule has 0 aromatic heterocycles. The van der Waals surface area contributed by atoms with Crippen molar-refractivity contribution in [3.05, 3.63) is 0 Å². The van der Waals surface area contributed by atoms with E-state index >= 15 is 0 Å². The van der Waals surface area contributed by atoms with E-state index in [0.717, 1.165) is 6.42 Å². The Kier molecular flexibility index (Phi) is 11.2. The molecule has 6 atom stereocenters. The molecule has 0 saturated carbocycles. The second-order valence-electron chi connectivity index (χ2n) is 9.12. The molecule has 0 aromatic carbocycles. The minimum Gasteiger partial charge on any atom is -0.480 e. The number of carboxylic acids is 1. The van der Waals surface area contributed by atoms with Crippen LogP contribution in [-0.2, 0) is 24.0 Å². The summed E-state index contributed by atoms with van der Waals surface area (Å²) in [7, 11) is 0. The molecular weight excluding hydrogens is 494 g/mol. The van der Waals surface area contributed by atoms with Crippen molar-refractivity contribution in [1.82, 2.24) is 20.4 Å². The highest BCUT2D eigenvalue weighted by Crippen LogP contribution is 2.21. The highest BCUT2D eigenvalue weighted by molar-refractivity contribution is 7.80. The molecule has 0 aromatic rings. The van der Waals surface area contributed by atoms with E-state index in [9.17, 15) is 29.1 Å². The molecule has 2 heterocycles. The van der Waals surface area contributed by atoms with Crippen LogP contribution < -0.4 is 16.4 Å². The van der Waals surface area contributed by atoms with Crippen molar-refractivity contribution >= 4 is 54.9 Å². The van der Waals surface area contributed by atoms with Crippen LogP contribution in [0.1, 0.15) is 46.0 Å². The summed E-state index contributed by atoms with van der Waals surface area (Å²) in [5.41, 5.74) is 6.09. The van der Waals surface area contributed by atoms with Crippen LogP contribution in [0, 0.1) is 5.92 Å². The fraction of sp³-hybridized carbons (Fsp3) is 0.773. The number of hydrogen-bond acceptors (Lipinski definition) is 8. The van der Waals surface area contributed by atoms with Gasteiger partial charge in [0.05, 0.1) is 6.04 Å². The number of aliphatic carboxylic acids is 1. The number of thiol groups is 2. The Bertz CT molecular complexity index is 815. The molecule has 2 aliphatic heterocycles. The first-order chi connectivity index (χ1) is 16.6. The maximum Gasteiger partial charge on any atom is 0.326 e.